The molecule has 174 valence electrons. The summed E-state index contributed by atoms with van der Waals surface area (Å²) in [5, 5.41) is 10.3. The van der Waals surface area contributed by atoms with Crippen molar-refractivity contribution < 1.29 is 19.4 Å². The highest BCUT2D eigenvalue weighted by molar-refractivity contribution is 5.83. The maximum Gasteiger partial charge on any atom is 0.171 e. The molecular formula is C27H42O4. The van der Waals surface area contributed by atoms with Crippen LogP contribution in [0.25, 0.3) is 0 Å². The molecule has 1 N–H and O–H groups in total. The molecule has 0 aromatic carbocycles. The van der Waals surface area contributed by atoms with Crippen LogP contribution in [0.2, 0.25) is 0 Å². The number of rotatable bonds is 0. The molecule has 31 heavy (non-hydrogen) atoms. The van der Waals surface area contributed by atoms with Gasteiger partial charge in [-0.1, -0.05) is 27.7 Å². The fourth-order valence-corrected chi connectivity index (χ4v) is 10.0. The number of carbonyl (C=O) groups is 1. The van der Waals surface area contributed by atoms with E-state index >= 15 is 0 Å². The quantitative estimate of drug-likeness (QED) is 0.589. The van der Waals surface area contributed by atoms with Crippen LogP contribution in [0.1, 0.15) is 85.5 Å². The molecule has 4 saturated carbocycles. The second-order valence-corrected chi connectivity index (χ2v) is 13.1. The first-order valence-corrected chi connectivity index (χ1v) is 13.2. The Bertz CT molecular complexity index is 756. The van der Waals surface area contributed by atoms with Crippen molar-refractivity contribution in [1.82, 2.24) is 0 Å². The van der Waals surface area contributed by atoms with E-state index in [9.17, 15) is 9.90 Å². The van der Waals surface area contributed by atoms with Crippen LogP contribution in [0.15, 0.2) is 0 Å². The van der Waals surface area contributed by atoms with Gasteiger partial charge in [0.05, 0.1) is 18.8 Å². The number of Topliss-reactive ketones (excluding diaryl/α,β-unsaturated/α-hetero) is 1. The number of aliphatic hydroxyl groups is 1. The fourth-order valence-electron chi connectivity index (χ4n) is 10.0. The lowest BCUT2D eigenvalue weighted by Gasteiger charge is -2.60. The molecule has 12 atom stereocenters. The molecule has 0 aromatic rings. The van der Waals surface area contributed by atoms with Gasteiger partial charge < -0.3 is 14.6 Å². The summed E-state index contributed by atoms with van der Waals surface area (Å²) < 4.78 is 13.3. The summed E-state index contributed by atoms with van der Waals surface area (Å²) in [5.74, 6) is 3.53. The minimum Gasteiger partial charge on any atom is -0.393 e. The maximum absolute atomic E-state index is 13.3. The third-order valence-corrected chi connectivity index (χ3v) is 11.7. The first-order valence-electron chi connectivity index (χ1n) is 13.2. The van der Waals surface area contributed by atoms with Crippen molar-refractivity contribution in [3.8, 4) is 0 Å². The van der Waals surface area contributed by atoms with E-state index in [2.05, 4.69) is 27.7 Å². The van der Waals surface area contributed by atoms with Crippen LogP contribution in [-0.2, 0) is 14.3 Å². The van der Waals surface area contributed by atoms with E-state index in [4.69, 9.17) is 9.47 Å². The molecule has 0 radical (unpaired) electrons. The van der Waals surface area contributed by atoms with Crippen molar-refractivity contribution in [1.29, 1.82) is 0 Å². The van der Waals surface area contributed by atoms with Crippen LogP contribution in [-0.4, -0.2) is 35.5 Å². The van der Waals surface area contributed by atoms with E-state index in [1.807, 2.05) is 0 Å². The summed E-state index contributed by atoms with van der Waals surface area (Å²) in [6.45, 7) is 10.4. The molecule has 2 unspecified atom stereocenters. The number of fused-ring (bicyclic) bond motifs is 7. The molecule has 1 spiro atoms. The molecule has 4 nitrogen and oxygen atoms in total. The highest BCUT2D eigenvalue weighted by Crippen LogP contribution is 2.71. The number of carbonyl (C=O) groups excluding carboxylic acids is 1. The molecule has 2 aliphatic heterocycles. The summed E-state index contributed by atoms with van der Waals surface area (Å²) in [7, 11) is 0. The van der Waals surface area contributed by atoms with Gasteiger partial charge in [0.2, 0.25) is 0 Å². The first-order chi connectivity index (χ1) is 14.7. The highest BCUT2D eigenvalue weighted by Gasteiger charge is 2.69. The predicted molar refractivity (Wildman–Crippen MR) is 118 cm³/mol. The summed E-state index contributed by atoms with van der Waals surface area (Å²) in [6.07, 6.45) is 9.21. The molecule has 6 aliphatic rings. The summed E-state index contributed by atoms with van der Waals surface area (Å²) in [6, 6.07) is 0. The fraction of sp³-hybridized carbons (Fsp3) is 0.963. The smallest absolute Gasteiger partial charge is 0.171 e. The number of hydrogen-bond donors (Lipinski definition) is 1. The third kappa shape index (κ3) is 2.74. The van der Waals surface area contributed by atoms with Crippen LogP contribution < -0.4 is 0 Å². The van der Waals surface area contributed by atoms with Crippen molar-refractivity contribution >= 4 is 5.78 Å². The van der Waals surface area contributed by atoms with Gasteiger partial charge in [-0.3, -0.25) is 4.79 Å². The zero-order valence-electron chi connectivity index (χ0n) is 19.9. The molecule has 6 fully saturated rings. The SMILES string of the molecule is C[C@@H]1CCC2(OC1)O[C@H]1C[C@H]3[C@@H]4CC(=O)[C@H]5C[C@@H](O)CC[C@]5(C)[C@H]4CC[C@]3(C)C1[C@@H]2C. The summed E-state index contributed by atoms with van der Waals surface area (Å²) >= 11 is 0. The van der Waals surface area contributed by atoms with Crippen molar-refractivity contribution in [2.24, 2.45) is 52.3 Å². The molecule has 4 aliphatic carbocycles. The Kier molecular flexibility index (Phi) is 4.62. The Morgan fingerprint density at radius 3 is 2.48 bits per heavy atom. The Labute approximate surface area is 187 Å². The van der Waals surface area contributed by atoms with Gasteiger partial charge in [0.15, 0.2) is 5.79 Å². The molecule has 0 bridgehead atoms. The van der Waals surface area contributed by atoms with Crippen LogP contribution in [0.3, 0.4) is 0 Å². The van der Waals surface area contributed by atoms with E-state index < -0.39 is 0 Å². The molecule has 2 heterocycles. The van der Waals surface area contributed by atoms with E-state index in [1.165, 1.54) is 19.3 Å². The summed E-state index contributed by atoms with van der Waals surface area (Å²) in [5.41, 5.74) is 0.355. The van der Waals surface area contributed by atoms with Crippen molar-refractivity contribution in [2.45, 2.75) is 103 Å². The number of ether oxygens (including phenoxy) is 2. The molecule has 0 amide bonds. The van der Waals surface area contributed by atoms with Gasteiger partial charge in [-0.25, -0.2) is 0 Å². The predicted octanol–water partition coefficient (Wildman–Crippen LogP) is 4.97. The van der Waals surface area contributed by atoms with Gasteiger partial charge >= 0.3 is 0 Å². The third-order valence-electron chi connectivity index (χ3n) is 11.7. The topological polar surface area (TPSA) is 55.8 Å². The van der Waals surface area contributed by atoms with Gasteiger partial charge in [-0.15, -0.1) is 0 Å². The van der Waals surface area contributed by atoms with Gasteiger partial charge in [-0.2, -0.15) is 0 Å². The highest BCUT2D eigenvalue weighted by atomic mass is 16.7. The van der Waals surface area contributed by atoms with Crippen molar-refractivity contribution in [3.63, 3.8) is 0 Å². The Morgan fingerprint density at radius 1 is 0.968 bits per heavy atom. The average molecular weight is 431 g/mol. The first kappa shape index (κ1) is 21.1. The van der Waals surface area contributed by atoms with Crippen LogP contribution in [0.5, 0.6) is 0 Å². The monoisotopic (exact) mass is 430 g/mol. The molecule has 0 aromatic heterocycles. The number of hydrogen-bond acceptors (Lipinski definition) is 4. The largest absolute Gasteiger partial charge is 0.393 e. The van der Waals surface area contributed by atoms with Gasteiger partial charge in [0.1, 0.15) is 5.78 Å². The lowest BCUT2D eigenvalue weighted by molar-refractivity contribution is -0.273. The Hall–Kier alpha value is -0.450. The molecule has 4 heteroatoms. The molecule has 2 saturated heterocycles. The van der Waals surface area contributed by atoms with E-state index in [-0.39, 0.29) is 28.6 Å². The van der Waals surface area contributed by atoms with E-state index in [0.717, 1.165) is 38.7 Å². The van der Waals surface area contributed by atoms with Crippen LogP contribution >= 0.6 is 0 Å². The van der Waals surface area contributed by atoms with Gasteiger partial charge in [0, 0.05) is 24.7 Å². The van der Waals surface area contributed by atoms with Crippen molar-refractivity contribution in [3.05, 3.63) is 0 Å². The van der Waals surface area contributed by atoms with Gasteiger partial charge in [-0.05, 0) is 85.4 Å². The van der Waals surface area contributed by atoms with E-state index in [1.54, 1.807) is 0 Å². The second-order valence-electron chi connectivity index (χ2n) is 13.1. The zero-order chi connectivity index (χ0) is 21.8. The second kappa shape index (κ2) is 6.79. The molecule has 6 rings (SSSR count). The maximum atomic E-state index is 13.3. The summed E-state index contributed by atoms with van der Waals surface area (Å²) in [4.78, 5) is 13.3. The Balaban J connectivity index is 1.28. The normalized spacial score (nSPS) is 60.9. The average Bonchev–Trinajstić information content (AvgIpc) is 3.17. The minimum absolute atomic E-state index is 0.0823. The minimum atomic E-state index is -0.356. The number of aliphatic hydroxyl groups excluding tert-OH is 1. The standard InChI is InChI=1S/C27H42O4/c1-15-5-10-27(30-14-15)16(2)24-23(31-27)13-20-18-12-22(29)21-11-17(28)6-8-25(21,3)19(18)7-9-26(20,24)4/h15-21,23-24,28H,5-14H2,1-4H3/t15-,16+,17+,18-,19+,20+,21-,23+,24?,25-,26+,27?/m1/s1. The molecular weight excluding hydrogens is 388 g/mol. The van der Waals surface area contributed by atoms with Crippen LogP contribution in [0, 0.1) is 52.3 Å². The number of ketones is 1. The Morgan fingerprint density at radius 2 is 1.74 bits per heavy atom. The van der Waals surface area contributed by atoms with Gasteiger partial charge in [0.25, 0.3) is 0 Å². The van der Waals surface area contributed by atoms with Crippen molar-refractivity contribution in [2.75, 3.05) is 6.61 Å². The van der Waals surface area contributed by atoms with Crippen LogP contribution in [0.4, 0.5) is 0 Å². The lowest BCUT2D eigenvalue weighted by atomic mass is 9.44. The lowest BCUT2D eigenvalue weighted by Crippen LogP contribution is -2.57. The zero-order valence-corrected chi connectivity index (χ0v) is 19.9. The van der Waals surface area contributed by atoms with E-state index in [0.29, 0.717) is 53.8 Å².